The molecule has 0 atom stereocenters. The van der Waals surface area contributed by atoms with Crippen molar-refractivity contribution in [1.29, 1.82) is 0 Å². The second-order valence-electron chi connectivity index (χ2n) is 7.51. The molecule has 0 aliphatic carbocycles. The van der Waals surface area contributed by atoms with Crippen LogP contribution in [0.15, 0.2) is 33.5 Å². The maximum Gasteiger partial charge on any atom is 0.417 e. The van der Waals surface area contributed by atoms with Crippen molar-refractivity contribution in [1.82, 2.24) is 4.90 Å². The highest BCUT2D eigenvalue weighted by Crippen LogP contribution is 2.34. The summed E-state index contributed by atoms with van der Waals surface area (Å²) in [4.78, 5) is 25.6. The van der Waals surface area contributed by atoms with Crippen molar-refractivity contribution in [3.63, 3.8) is 0 Å². The van der Waals surface area contributed by atoms with Crippen LogP contribution >= 0.6 is 0 Å². The molecule has 0 aliphatic rings. The monoisotopic (exact) mass is 399 g/mol. The zero-order valence-corrected chi connectivity index (χ0v) is 16.3. The molecule has 2 aromatic rings. The fourth-order valence-corrected chi connectivity index (χ4v) is 2.86. The average molecular weight is 399 g/mol. The molecule has 0 saturated carbocycles. The summed E-state index contributed by atoms with van der Waals surface area (Å²) in [6.45, 7) is 8.93. The van der Waals surface area contributed by atoms with Crippen LogP contribution in [0.2, 0.25) is 0 Å². The number of fused-ring (bicyclic) bond motifs is 1. The van der Waals surface area contributed by atoms with Crippen LogP contribution in [0.25, 0.3) is 11.0 Å². The molecule has 28 heavy (non-hydrogen) atoms. The first-order valence-electron chi connectivity index (χ1n) is 9.03. The van der Waals surface area contributed by atoms with E-state index in [0.29, 0.717) is 31.0 Å². The predicted molar refractivity (Wildman–Crippen MR) is 99.2 cm³/mol. The molecule has 0 saturated heterocycles. The van der Waals surface area contributed by atoms with E-state index in [4.69, 9.17) is 9.15 Å². The average Bonchev–Trinajstić information content (AvgIpc) is 2.56. The Kier molecular flexibility index (Phi) is 6.74. The summed E-state index contributed by atoms with van der Waals surface area (Å²) in [5.41, 5.74) is -2.42. The van der Waals surface area contributed by atoms with Crippen LogP contribution in [-0.4, -0.2) is 30.5 Å². The molecule has 0 N–H and O–H groups in total. The molecular weight excluding hydrogens is 375 g/mol. The second kappa shape index (κ2) is 8.67. The zero-order valence-electron chi connectivity index (χ0n) is 16.3. The van der Waals surface area contributed by atoms with E-state index < -0.39 is 17.4 Å². The molecule has 0 unspecified atom stereocenters. The molecule has 0 aliphatic heterocycles. The molecule has 1 amide bonds. The quantitative estimate of drug-likeness (QED) is 0.650. The van der Waals surface area contributed by atoms with E-state index in [1.807, 2.05) is 27.7 Å². The van der Waals surface area contributed by atoms with Crippen molar-refractivity contribution in [2.45, 2.75) is 33.9 Å². The van der Waals surface area contributed by atoms with Gasteiger partial charge in [0.05, 0.1) is 5.56 Å². The van der Waals surface area contributed by atoms with Crippen molar-refractivity contribution >= 4 is 16.9 Å². The van der Waals surface area contributed by atoms with Crippen LogP contribution in [0.1, 0.15) is 33.3 Å². The van der Waals surface area contributed by atoms with Gasteiger partial charge < -0.3 is 14.1 Å². The number of alkyl halides is 3. The van der Waals surface area contributed by atoms with Gasteiger partial charge in [0.15, 0.2) is 6.61 Å². The molecule has 0 fully saturated rings. The number of benzene rings is 1. The lowest BCUT2D eigenvalue weighted by atomic mass is 10.1. The number of halogens is 3. The number of nitrogens with zero attached hydrogens (tertiary/aromatic N) is 1. The minimum absolute atomic E-state index is 0.150. The third kappa shape index (κ3) is 5.74. The van der Waals surface area contributed by atoms with Crippen molar-refractivity contribution < 1.29 is 27.1 Å². The van der Waals surface area contributed by atoms with E-state index >= 15 is 0 Å². The van der Waals surface area contributed by atoms with Crippen molar-refractivity contribution in [2.24, 2.45) is 11.8 Å². The van der Waals surface area contributed by atoms with Gasteiger partial charge in [-0.3, -0.25) is 4.79 Å². The van der Waals surface area contributed by atoms with Crippen LogP contribution < -0.4 is 10.4 Å². The molecule has 8 heteroatoms. The largest absolute Gasteiger partial charge is 0.484 e. The van der Waals surface area contributed by atoms with Gasteiger partial charge in [0.25, 0.3) is 5.91 Å². The summed E-state index contributed by atoms with van der Waals surface area (Å²) in [5.74, 6) is 0.516. The topological polar surface area (TPSA) is 59.8 Å². The summed E-state index contributed by atoms with van der Waals surface area (Å²) in [5, 5.41) is -0.244. The van der Waals surface area contributed by atoms with Gasteiger partial charge in [0.2, 0.25) is 0 Å². The highest BCUT2D eigenvalue weighted by molar-refractivity contribution is 5.82. The zero-order chi connectivity index (χ0) is 21.1. The highest BCUT2D eigenvalue weighted by Gasteiger charge is 2.33. The van der Waals surface area contributed by atoms with E-state index in [1.54, 1.807) is 4.90 Å². The fraction of sp³-hybridized carbons (Fsp3) is 0.500. The molecule has 154 valence electrons. The van der Waals surface area contributed by atoms with E-state index in [1.165, 1.54) is 18.2 Å². The van der Waals surface area contributed by atoms with Gasteiger partial charge in [0, 0.05) is 30.6 Å². The van der Waals surface area contributed by atoms with Crippen LogP contribution in [0.4, 0.5) is 13.2 Å². The molecule has 0 spiro atoms. The lowest BCUT2D eigenvalue weighted by Gasteiger charge is -2.26. The number of rotatable bonds is 7. The number of hydrogen-bond donors (Lipinski definition) is 0. The number of carbonyl (C=O) groups is 1. The van der Waals surface area contributed by atoms with Gasteiger partial charge in [0.1, 0.15) is 11.3 Å². The van der Waals surface area contributed by atoms with Crippen LogP contribution in [0, 0.1) is 11.8 Å². The maximum absolute atomic E-state index is 13.1. The van der Waals surface area contributed by atoms with Gasteiger partial charge in [-0.15, -0.1) is 0 Å². The van der Waals surface area contributed by atoms with Crippen molar-refractivity contribution in [3.8, 4) is 5.75 Å². The molecule has 1 aromatic heterocycles. The first kappa shape index (κ1) is 21.8. The Morgan fingerprint density at radius 3 is 2.25 bits per heavy atom. The Hall–Kier alpha value is -2.51. The standard InChI is InChI=1S/C20H24F3NO4/c1-12(2)9-24(10-13(3)4)18(25)11-27-14-5-6-15-16(20(21,22)23)8-19(26)28-17(15)7-14/h5-8,12-13H,9-11H2,1-4H3. The van der Waals surface area contributed by atoms with Gasteiger partial charge in [-0.2, -0.15) is 13.2 Å². The molecule has 2 rings (SSSR count). The fourth-order valence-electron chi connectivity index (χ4n) is 2.86. The molecule has 0 bridgehead atoms. The van der Waals surface area contributed by atoms with Gasteiger partial charge in [-0.25, -0.2) is 4.79 Å². The third-order valence-corrected chi connectivity index (χ3v) is 3.91. The minimum atomic E-state index is -4.68. The highest BCUT2D eigenvalue weighted by atomic mass is 19.4. The lowest BCUT2D eigenvalue weighted by Crippen LogP contribution is -2.39. The molecule has 1 heterocycles. The summed E-state index contributed by atoms with van der Waals surface area (Å²) in [7, 11) is 0. The van der Waals surface area contributed by atoms with E-state index in [2.05, 4.69) is 0 Å². The Balaban J connectivity index is 2.20. The minimum Gasteiger partial charge on any atom is -0.484 e. The van der Waals surface area contributed by atoms with Crippen molar-refractivity contribution in [2.75, 3.05) is 19.7 Å². The second-order valence-corrected chi connectivity index (χ2v) is 7.51. The normalized spacial score (nSPS) is 12.0. The smallest absolute Gasteiger partial charge is 0.417 e. The number of ether oxygens (including phenoxy) is 1. The molecule has 1 aromatic carbocycles. The first-order valence-corrected chi connectivity index (χ1v) is 9.03. The SMILES string of the molecule is CC(C)CN(CC(C)C)C(=O)COc1ccc2c(C(F)(F)F)cc(=O)oc2c1. The third-order valence-electron chi connectivity index (χ3n) is 3.91. The predicted octanol–water partition coefficient (Wildman–Crippen LogP) is 4.33. The molecular formula is C20H24F3NO4. The lowest BCUT2D eigenvalue weighted by molar-refractivity contribution is -0.136. The number of amides is 1. The van der Waals surface area contributed by atoms with Crippen LogP contribution in [-0.2, 0) is 11.0 Å². The summed E-state index contributed by atoms with van der Waals surface area (Å²) in [6, 6.07) is 4.09. The number of carbonyl (C=O) groups excluding carboxylic acids is 1. The van der Waals surface area contributed by atoms with Gasteiger partial charge in [-0.1, -0.05) is 27.7 Å². The van der Waals surface area contributed by atoms with Crippen molar-refractivity contribution in [3.05, 3.63) is 40.2 Å². The number of hydrogen-bond acceptors (Lipinski definition) is 4. The summed E-state index contributed by atoms with van der Waals surface area (Å²) >= 11 is 0. The summed E-state index contributed by atoms with van der Waals surface area (Å²) in [6.07, 6.45) is -4.68. The first-order chi connectivity index (χ1) is 13.0. The maximum atomic E-state index is 13.1. The summed E-state index contributed by atoms with van der Waals surface area (Å²) < 4.78 is 49.6. The van der Waals surface area contributed by atoms with E-state index in [0.717, 1.165) is 0 Å². The van der Waals surface area contributed by atoms with Crippen LogP contribution in [0.3, 0.4) is 0 Å². The van der Waals surface area contributed by atoms with Gasteiger partial charge >= 0.3 is 11.8 Å². The van der Waals surface area contributed by atoms with Gasteiger partial charge in [-0.05, 0) is 24.0 Å². The Morgan fingerprint density at radius 1 is 1.11 bits per heavy atom. The Labute approximate surface area is 161 Å². The molecule has 0 radical (unpaired) electrons. The Morgan fingerprint density at radius 2 is 1.71 bits per heavy atom. The Bertz CT molecular complexity index is 877. The molecule has 5 nitrogen and oxygen atoms in total. The van der Waals surface area contributed by atoms with E-state index in [9.17, 15) is 22.8 Å². The van der Waals surface area contributed by atoms with E-state index in [-0.39, 0.29) is 29.2 Å². The van der Waals surface area contributed by atoms with Crippen LogP contribution in [0.5, 0.6) is 5.75 Å².